The highest BCUT2D eigenvalue weighted by Crippen LogP contribution is 2.39. The van der Waals surface area contributed by atoms with Gasteiger partial charge in [0.2, 0.25) is 0 Å². The van der Waals surface area contributed by atoms with Gasteiger partial charge in [-0.15, -0.1) is 21.5 Å². The van der Waals surface area contributed by atoms with E-state index in [1.165, 1.54) is 0 Å². The van der Waals surface area contributed by atoms with Crippen molar-refractivity contribution in [2.24, 2.45) is 0 Å². The summed E-state index contributed by atoms with van der Waals surface area (Å²) in [7, 11) is 0. The lowest BCUT2D eigenvalue weighted by Crippen LogP contribution is -2.02. The maximum atomic E-state index is 4.68. The standard InChI is InChI=1S/C28H20N4S/c1-19-30-25-17-9-16-24(27(25)33-19)28-31-29-18-32(28)26-22(20-10-4-2-5-11-20)14-8-15-23(26)21-12-6-3-7-13-21/h2-18H,1H3. The van der Waals surface area contributed by atoms with E-state index in [0.717, 1.165) is 54.6 Å². The minimum Gasteiger partial charge on any atom is -0.280 e. The summed E-state index contributed by atoms with van der Waals surface area (Å²) in [6.07, 6.45) is 1.82. The molecule has 2 aromatic heterocycles. The van der Waals surface area contributed by atoms with Gasteiger partial charge in [0.05, 0.1) is 20.9 Å². The number of hydrogen-bond acceptors (Lipinski definition) is 4. The summed E-state index contributed by atoms with van der Waals surface area (Å²) < 4.78 is 3.25. The van der Waals surface area contributed by atoms with Crippen molar-refractivity contribution < 1.29 is 0 Å². The van der Waals surface area contributed by atoms with Gasteiger partial charge in [-0.3, -0.25) is 4.57 Å². The van der Waals surface area contributed by atoms with E-state index in [9.17, 15) is 0 Å². The van der Waals surface area contributed by atoms with E-state index >= 15 is 0 Å². The van der Waals surface area contributed by atoms with Crippen LogP contribution in [0.15, 0.2) is 103 Å². The largest absolute Gasteiger partial charge is 0.280 e. The lowest BCUT2D eigenvalue weighted by molar-refractivity contribution is 1.07. The van der Waals surface area contributed by atoms with Gasteiger partial charge in [0, 0.05) is 16.7 Å². The zero-order valence-electron chi connectivity index (χ0n) is 18.0. The van der Waals surface area contributed by atoms with Crippen LogP contribution in [0.25, 0.3) is 49.5 Å². The van der Waals surface area contributed by atoms with Gasteiger partial charge < -0.3 is 0 Å². The zero-order chi connectivity index (χ0) is 22.2. The van der Waals surface area contributed by atoms with Crippen LogP contribution in [-0.4, -0.2) is 19.7 Å². The first kappa shape index (κ1) is 19.6. The molecule has 0 saturated heterocycles. The van der Waals surface area contributed by atoms with Gasteiger partial charge >= 0.3 is 0 Å². The van der Waals surface area contributed by atoms with Gasteiger partial charge in [0.15, 0.2) is 5.82 Å². The molecule has 0 unspecified atom stereocenters. The number of thiazole rings is 1. The quantitative estimate of drug-likeness (QED) is 0.289. The third kappa shape index (κ3) is 3.43. The van der Waals surface area contributed by atoms with Gasteiger partial charge in [-0.25, -0.2) is 4.98 Å². The highest BCUT2D eigenvalue weighted by Gasteiger charge is 2.20. The molecule has 0 N–H and O–H groups in total. The van der Waals surface area contributed by atoms with Gasteiger partial charge in [0.25, 0.3) is 0 Å². The molecule has 0 saturated carbocycles. The fourth-order valence-corrected chi connectivity index (χ4v) is 5.25. The highest BCUT2D eigenvalue weighted by molar-refractivity contribution is 7.19. The van der Waals surface area contributed by atoms with E-state index in [1.54, 1.807) is 11.3 Å². The lowest BCUT2D eigenvalue weighted by atomic mass is 9.95. The first-order valence-corrected chi connectivity index (χ1v) is 11.6. The van der Waals surface area contributed by atoms with Crippen LogP contribution in [0.4, 0.5) is 0 Å². The molecule has 0 fully saturated rings. The van der Waals surface area contributed by atoms with Crippen LogP contribution in [0.3, 0.4) is 0 Å². The van der Waals surface area contributed by atoms with Crippen molar-refractivity contribution in [3.05, 3.63) is 108 Å². The van der Waals surface area contributed by atoms with Gasteiger partial charge in [-0.1, -0.05) is 84.9 Å². The Balaban J connectivity index is 1.66. The average Bonchev–Trinajstić information content (AvgIpc) is 3.50. The van der Waals surface area contributed by atoms with Crippen molar-refractivity contribution in [3.63, 3.8) is 0 Å². The normalized spacial score (nSPS) is 11.2. The Hall–Kier alpha value is -4.09. The Morgan fingerprint density at radius 1 is 0.667 bits per heavy atom. The number of rotatable bonds is 4. The Morgan fingerprint density at radius 3 is 1.94 bits per heavy atom. The van der Waals surface area contributed by atoms with Gasteiger partial charge in [0.1, 0.15) is 6.33 Å². The van der Waals surface area contributed by atoms with Crippen molar-refractivity contribution in [2.75, 3.05) is 0 Å². The second kappa shape index (κ2) is 8.11. The van der Waals surface area contributed by atoms with E-state index in [1.807, 2.05) is 31.5 Å². The summed E-state index contributed by atoms with van der Waals surface area (Å²) in [6.45, 7) is 2.04. The molecule has 0 aliphatic rings. The number of aryl methyl sites for hydroxylation is 1. The monoisotopic (exact) mass is 444 g/mol. The molecule has 0 aliphatic carbocycles. The van der Waals surface area contributed by atoms with Crippen molar-refractivity contribution >= 4 is 21.6 Å². The molecule has 0 amide bonds. The first-order valence-electron chi connectivity index (χ1n) is 10.8. The molecule has 6 aromatic rings. The lowest BCUT2D eigenvalue weighted by Gasteiger charge is -2.18. The van der Waals surface area contributed by atoms with Crippen LogP contribution >= 0.6 is 11.3 Å². The summed E-state index contributed by atoms with van der Waals surface area (Å²) in [5.41, 5.74) is 7.65. The Labute approximate surface area is 195 Å². The summed E-state index contributed by atoms with van der Waals surface area (Å²) in [5.74, 6) is 0.810. The predicted octanol–water partition coefficient (Wildman–Crippen LogP) is 7.19. The molecule has 6 rings (SSSR count). The SMILES string of the molecule is Cc1nc2cccc(-c3nncn3-c3c(-c4ccccc4)cccc3-c3ccccc3)c2s1. The van der Waals surface area contributed by atoms with Crippen molar-refractivity contribution in [1.82, 2.24) is 19.7 Å². The number of hydrogen-bond donors (Lipinski definition) is 0. The molecule has 2 heterocycles. The molecule has 158 valence electrons. The molecular weight excluding hydrogens is 424 g/mol. The van der Waals surface area contributed by atoms with Crippen LogP contribution in [0.1, 0.15) is 5.01 Å². The number of para-hydroxylation sites is 1. The molecule has 4 aromatic carbocycles. The molecule has 0 aliphatic heterocycles. The van der Waals surface area contributed by atoms with Crippen molar-refractivity contribution in [2.45, 2.75) is 6.92 Å². The fourth-order valence-electron chi connectivity index (χ4n) is 4.32. The maximum absolute atomic E-state index is 4.68. The minimum atomic E-state index is 0.810. The number of fused-ring (bicyclic) bond motifs is 1. The van der Waals surface area contributed by atoms with Crippen molar-refractivity contribution in [3.8, 4) is 39.3 Å². The van der Waals surface area contributed by atoms with Crippen LogP contribution in [0.5, 0.6) is 0 Å². The summed E-state index contributed by atoms with van der Waals surface area (Å²) in [6, 6.07) is 33.6. The second-order valence-electron chi connectivity index (χ2n) is 7.85. The summed E-state index contributed by atoms with van der Waals surface area (Å²) in [4.78, 5) is 4.68. The van der Waals surface area contributed by atoms with Gasteiger partial charge in [-0.05, 0) is 30.2 Å². The fraction of sp³-hybridized carbons (Fsp3) is 0.0357. The third-order valence-electron chi connectivity index (χ3n) is 5.76. The zero-order valence-corrected chi connectivity index (χ0v) is 18.8. The van der Waals surface area contributed by atoms with Crippen LogP contribution in [0.2, 0.25) is 0 Å². The van der Waals surface area contributed by atoms with Gasteiger partial charge in [-0.2, -0.15) is 0 Å². The molecule has 0 atom stereocenters. The molecule has 0 spiro atoms. The molecule has 0 radical (unpaired) electrons. The summed E-state index contributed by atoms with van der Waals surface area (Å²) >= 11 is 1.69. The Morgan fingerprint density at radius 2 is 1.27 bits per heavy atom. The Bertz CT molecular complexity index is 1510. The van der Waals surface area contributed by atoms with Crippen molar-refractivity contribution in [1.29, 1.82) is 0 Å². The smallest absolute Gasteiger partial charge is 0.169 e. The molecule has 33 heavy (non-hydrogen) atoms. The number of nitrogens with zero attached hydrogens (tertiary/aromatic N) is 4. The molecular formula is C28H20N4S. The van der Waals surface area contributed by atoms with E-state index in [-0.39, 0.29) is 0 Å². The minimum absolute atomic E-state index is 0.810. The summed E-state index contributed by atoms with van der Waals surface area (Å²) in [5, 5.41) is 9.98. The molecule has 0 bridgehead atoms. The van der Waals surface area contributed by atoms with E-state index < -0.39 is 0 Å². The third-order valence-corrected chi connectivity index (χ3v) is 6.78. The Kier molecular flexibility index (Phi) is 4.82. The first-order chi connectivity index (χ1) is 16.3. The predicted molar refractivity (Wildman–Crippen MR) is 136 cm³/mol. The molecule has 5 heteroatoms. The van der Waals surface area contributed by atoms with E-state index in [2.05, 4.69) is 98.6 Å². The number of aromatic nitrogens is 4. The second-order valence-corrected chi connectivity index (χ2v) is 9.05. The van der Waals surface area contributed by atoms with E-state index in [4.69, 9.17) is 0 Å². The number of benzene rings is 4. The highest BCUT2D eigenvalue weighted by atomic mass is 32.1. The average molecular weight is 445 g/mol. The topological polar surface area (TPSA) is 43.6 Å². The van der Waals surface area contributed by atoms with E-state index in [0.29, 0.717) is 0 Å². The van der Waals surface area contributed by atoms with Crippen LogP contribution in [-0.2, 0) is 0 Å². The van der Waals surface area contributed by atoms with Crippen LogP contribution in [0, 0.1) is 6.92 Å². The maximum Gasteiger partial charge on any atom is 0.169 e. The van der Waals surface area contributed by atoms with Crippen LogP contribution < -0.4 is 0 Å². The molecule has 4 nitrogen and oxygen atoms in total.